The fraction of sp³-hybridized carbons (Fsp3) is 0.368. The highest BCUT2D eigenvalue weighted by atomic mass is 15.3. The Labute approximate surface area is 133 Å². The summed E-state index contributed by atoms with van der Waals surface area (Å²) in [6.07, 6.45) is 0. The van der Waals surface area contributed by atoms with Gasteiger partial charge in [-0.15, -0.1) is 0 Å². The molecule has 1 aliphatic heterocycles. The Balaban J connectivity index is 1.50. The van der Waals surface area contributed by atoms with E-state index in [1.165, 1.54) is 16.7 Å². The molecule has 0 amide bonds. The molecule has 2 aromatic carbocycles. The van der Waals surface area contributed by atoms with Gasteiger partial charge in [0.05, 0.1) is 0 Å². The first-order valence-corrected chi connectivity index (χ1v) is 8.04. The first kappa shape index (κ1) is 15.1. The van der Waals surface area contributed by atoms with E-state index in [9.17, 15) is 0 Å². The number of rotatable bonds is 4. The second-order valence-electron chi connectivity index (χ2n) is 6.23. The van der Waals surface area contributed by atoms with Crippen LogP contribution in [0.5, 0.6) is 0 Å². The third-order valence-electron chi connectivity index (χ3n) is 4.45. The molecule has 3 heteroatoms. The van der Waals surface area contributed by atoms with Gasteiger partial charge in [-0.05, 0) is 29.7 Å². The molecule has 0 atom stereocenters. The maximum Gasteiger partial charge on any atom is 0.0343 e. The maximum absolute atomic E-state index is 5.89. The van der Waals surface area contributed by atoms with E-state index < -0.39 is 0 Å². The molecule has 2 aromatic rings. The minimum Gasteiger partial charge on any atom is -0.399 e. The summed E-state index contributed by atoms with van der Waals surface area (Å²) in [6, 6.07) is 17.1. The number of nitrogen functional groups attached to an aromatic ring is 1. The summed E-state index contributed by atoms with van der Waals surface area (Å²) >= 11 is 0. The van der Waals surface area contributed by atoms with Crippen molar-refractivity contribution in [3.05, 3.63) is 65.2 Å². The topological polar surface area (TPSA) is 32.5 Å². The van der Waals surface area contributed by atoms with E-state index in [1.807, 2.05) is 6.07 Å². The van der Waals surface area contributed by atoms with E-state index in [2.05, 4.69) is 59.2 Å². The van der Waals surface area contributed by atoms with Gasteiger partial charge in [-0.3, -0.25) is 9.80 Å². The minimum atomic E-state index is 0.886. The van der Waals surface area contributed by atoms with E-state index in [-0.39, 0.29) is 0 Å². The Morgan fingerprint density at radius 1 is 0.818 bits per heavy atom. The first-order valence-electron chi connectivity index (χ1n) is 8.04. The highest BCUT2D eigenvalue weighted by molar-refractivity contribution is 5.47. The van der Waals surface area contributed by atoms with Crippen LogP contribution in [0.3, 0.4) is 0 Å². The standard InChI is InChI=1S/C19H25N3/c1-16-13-18(7-8-19(16)20)15-22-11-9-21(10-12-22)14-17-5-3-2-4-6-17/h2-8,13H,9-12,14-15,20H2,1H3. The Morgan fingerprint density at radius 3 is 2.00 bits per heavy atom. The number of piperazine rings is 1. The molecule has 116 valence electrons. The molecule has 1 fully saturated rings. The smallest absolute Gasteiger partial charge is 0.0343 e. The number of anilines is 1. The van der Waals surface area contributed by atoms with E-state index >= 15 is 0 Å². The van der Waals surface area contributed by atoms with Crippen molar-refractivity contribution in [3.63, 3.8) is 0 Å². The molecule has 3 nitrogen and oxygen atoms in total. The molecular weight excluding hydrogens is 270 g/mol. The predicted octanol–water partition coefficient (Wildman–Crippen LogP) is 2.90. The SMILES string of the molecule is Cc1cc(CN2CCN(Cc3ccccc3)CC2)ccc1N. The van der Waals surface area contributed by atoms with E-state index in [1.54, 1.807) is 0 Å². The minimum absolute atomic E-state index is 0.886. The number of aryl methyl sites for hydroxylation is 1. The van der Waals surface area contributed by atoms with E-state index in [0.717, 1.165) is 45.0 Å². The molecular formula is C19H25N3. The van der Waals surface area contributed by atoms with Crippen LogP contribution in [0, 0.1) is 6.92 Å². The zero-order valence-corrected chi connectivity index (χ0v) is 13.3. The molecule has 1 aliphatic rings. The molecule has 0 saturated carbocycles. The quantitative estimate of drug-likeness (QED) is 0.880. The van der Waals surface area contributed by atoms with Crippen molar-refractivity contribution in [2.24, 2.45) is 0 Å². The second kappa shape index (κ2) is 6.95. The third-order valence-corrected chi connectivity index (χ3v) is 4.45. The summed E-state index contributed by atoms with van der Waals surface area (Å²) < 4.78 is 0. The molecule has 22 heavy (non-hydrogen) atoms. The van der Waals surface area contributed by atoms with Gasteiger partial charge < -0.3 is 5.73 Å². The first-order chi connectivity index (χ1) is 10.7. The third kappa shape index (κ3) is 3.87. The molecule has 1 saturated heterocycles. The zero-order chi connectivity index (χ0) is 15.4. The van der Waals surface area contributed by atoms with Crippen LogP contribution in [0.25, 0.3) is 0 Å². The summed E-state index contributed by atoms with van der Waals surface area (Å²) in [4.78, 5) is 5.08. The molecule has 0 aromatic heterocycles. The Kier molecular flexibility index (Phi) is 4.76. The van der Waals surface area contributed by atoms with Crippen molar-refractivity contribution >= 4 is 5.69 Å². The van der Waals surface area contributed by atoms with Gasteiger partial charge in [-0.1, -0.05) is 42.5 Å². The van der Waals surface area contributed by atoms with E-state index in [0.29, 0.717) is 0 Å². The second-order valence-corrected chi connectivity index (χ2v) is 6.23. The van der Waals surface area contributed by atoms with Crippen molar-refractivity contribution in [1.29, 1.82) is 0 Å². The average molecular weight is 295 g/mol. The molecule has 0 unspecified atom stereocenters. The largest absolute Gasteiger partial charge is 0.399 e. The van der Waals surface area contributed by atoms with Crippen molar-refractivity contribution < 1.29 is 0 Å². The lowest BCUT2D eigenvalue weighted by Crippen LogP contribution is -2.45. The van der Waals surface area contributed by atoms with Gasteiger partial charge in [0.15, 0.2) is 0 Å². The van der Waals surface area contributed by atoms with Gasteiger partial charge in [-0.2, -0.15) is 0 Å². The van der Waals surface area contributed by atoms with Gasteiger partial charge in [0.1, 0.15) is 0 Å². The van der Waals surface area contributed by atoms with Crippen LogP contribution >= 0.6 is 0 Å². The zero-order valence-electron chi connectivity index (χ0n) is 13.3. The summed E-state index contributed by atoms with van der Waals surface area (Å²) in [6.45, 7) is 8.73. The number of hydrogen-bond donors (Lipinski definition) is 1. The average Bonchev–Trinajstić information content (AvgIpc) is 2.54. The highest BCUT2D eigenvalue weighted by Gasteiger charge is 2.17. The van der Waals surface area contributed by atoms with Crippen LogP contribution in [0.1, 0.15) is 16.7 Å². The fourth-order valence-corrected chi connectivity index (χ4v) is 3.04. The van der Waals surface area contributed by atoms with Crippen LogP contribution < -0.4 is 5.73 Å². The van der Waals surface area contributed by atoms with Crippen molar-refractivity contribution in [1.82, 2.24) is 9.80 Å². The van der Waals surface area contributed by atoms with Gasteiger partial charge in [0, 0.05) is 45.0 Å². The van der Waals surface area contributed by atoms with Crippen LogP contribution in [-0.4, -0.2) is 36.0 Å². The number of nitrogens with zero attached hydrogens (tertiary/aromatic N) is 2. The van der Waals surface area contributed by atoms with Crippen LogP contribution in [0.15, 0.2) is 48.5 Å². The number of nitrogens with two attached hydrogens (primary N) is 1. The predicted molar refractivity (Wildman–Crippen MR) is 92.6 cm³/mol. The Bertz CT molecular complexity index is 601. The molecule has 0 radical (unpaired) electrons. The van der Waals surface area contributed by atoms with Crippen molar-refractivity contribution in [2.45, 2.75) is 20.0 Å². The Hall–Kier alpha value is -1.84. The highest BCUT2D eigenvalue weighted by Crippen LogP contribution is 2.16. The molecule has 3 rings (SSSR count). The fourth-order valence-electron chi connectivity index (χ4n) is 3.04. The number of benzene rings is 2. The van der Waals surface area contributed by atoms with Crippen LogP contribution in [-0.2, 0) is 13.1 Å². The summed E-state index contributed by atoms with van der Waals surface area (Å²) in [5.74, 6) is 0. The Morgan fingerprint density at radius 2 is 1.41 bits per heavy atom. The monoisotopic (exact) mass is 295 g/mol. The van der Waals surface area contributed by atoms with Crippen molar-refractivity contribution in [2.75, 3.05) is 31.9 Å². The molecule has 1 heterocycles. The van der Waals surface area contributed by atoms with Gasteiger partial charge in [0.2, 0.25) is 0 Å². The summed E-state index contributed by atoms with van der Waals surface area (Å²) in [7, 11) is 0. The van der Waals surface area contributed by atoms with Crippen LogP contribution in [0.4, 0.5) is 5.69 Å². The summed E-state index contributed by atoms with van der Waals surface area (Å²) in [5.41, 5.74) is 10.7. The normalized spacial score (nSPS) is 16.8. The molecule has 0 spiro atoms. The van der Waals surface area contributed by atoms with Crippen LogP contribution in [0.2, 0.25) is 0 Å². The lowest BCUT2D eigenvalue weighted by molar-refractivity contribution is 0.122. The molecule has 2 N–H and O–H groups in total. The number of hydrogen-bond acceptors (Lipinski definition) is 3. The van der Waals surface area contributed by atoms with Gasteiger partial charge >= 0.3 is 0 Å². The maximum atomic E-state index is 5.89. The molecule has 0 bridgehead atoms. The lowest BCUT2D eigenvalue weighted by Gasteiger charge is -2.34. The molecule has 0 aliphatic carbocycles. The van der Waals surface area contributed by atoms with Crippen molar-refractivity contribution in [3.8, 4) is 0 Å². The lowest BCUT2D eigenvalue weighted by atomic mass is 10.1. The van der Waals surface area contributed by atoms with E-state index in [4.69, 9.17) is 5.73 Å². The van der Waals surface area contributed by atoms with Gasteiger partial charge in [0.25, 0.3) is 0 Å². The van der Waals surface area contributed by atoms with Gasteiger partial charge in [-0.25, -0.2) is 0 Å². The summed E-state index contributed by atoms with van der Waals surface area (Å²) in [5, 5.41) is 0.